The summed E-state index contributed by atoms with van der Waals surface area (Å²) >= 11 is 0. The van der Waals surface area contributed by atoms with Crippen molar-refractivity contribution in [1.82, 2.24) is 0 Å². The molecule has 0 aromatic carbocycles. The predicted octanol–water partition coefficient (Wildman–Crippen LogP) is 6.92. The second kappa shape index (κ2) is 9.79. The molecule has 6 rings (SSSR count). The van der Waals surface area contributed by atoms with Gasteiger partial charge in [0.15, 0.2) is 0 Å². The number of hydrogen-bond acceptors (Lipinski definition) is 3. The maximum absolute atomic E-state index is 5.74. The minimum absolute atomic E-state index is 0.284. The highest BCUT2D eigenvalue weighted by molar-refractivity contribution is 5.07. The second-order valence-electron chi connectivity index (χ2n) is 11.5. The largest absolute Gasteiger partial charge is 0.370 e. The van der Waals surface area contributed by atoms with Crippen LogP contribution in [-0.2, 0) is 14.2 Å². The lowest BCUT2D eigenvalue weighted by molar-refractivity contribution is 0.179. The fraction of sp³-hybridized carbons (Fsp3) is 1.00. The zero-order chi connectivity index (χ0) is 21.3. The van der Waals surface area contributed by atoms with Crippen LogP contribution in [0.25, 0.3) is 0 Å². The summed E-state index contributed by atoms with van der Waals surface area (Å²) in [5.74, 6) is 3.52. The topological polar surface area (TPSA) is 37.6 Å². The van der Waals surface area contributed by atoms with Gasteiger partial charge in [-0.25, -0.2) is 0 Å². The fourth-order valence-electron chi connectivity index (χ4n) is 6.89. The van der Waals surface area contributed by atoms with Gasteiger partial charge in [0, 0.05) is 0 Å². The Morgan fingerprint density at radius 3 is 2.30 bits per heavy atom. The van der Waals surface area contributed by atoms with Crippen molar-refractivity contribution in [3.8, 4) is 0 Å². The van der Waals surface area contributed by atoms with Crippen LogP contribution in [0, 0.1) is 23.7 Å². The fourth-order valence-corrected chi connectivity index (χ4v) is 6.89. The van der Waals surface area contributed by atoms with Crippen LogP contribution in [0.3, 0.4) is 0 Å². The van der Waals surface area contributed by atoms with E-state index in [0.717, 1.165) is 23.7 Å². The SMILES string of the molecule is CC(C)C1CCCC2OC21C.CCC1CCCC2OC12.CCCC1CCC2OC2C1. The standard InChI is InChI=1S/C10H18O.C9H16O.C8H14O/c1-7(2)8-5-4-6-9-10(8,3)11-9;1-2-3-7-4-5-8-9(6-7)10-8;1-2-6-4-3-5-7-8(6)9-7/h7-9H,4-6H2,1-3H3;7-9H,2-6H2,1H3;6-8H,2-5H2,1H3. The van der Waals surface area contributed by atoms with Crippen molar-refractivity contribution in [2.75, 3.05) is 0 Å². The molecule has 6 fully saturated rings. The highest BCUT2D eigenvalue weighted by Gasteiger charge is 2.59. The highest BCUT2D eigenvalue weighted by atomic mass is 16.6. The molecule has 3 heterocycles. The lowest BCUT2D eigenvalue weighted by Gasteiger charge is -2.28. The number of fused-ring (bicyclic) bond motifs is 3. The Kier molecular flexibility index (Phi) is 7.52. The van der Waals surface area contributed by atoms with E-state index in [4.69, 9.17) is 14.2 Å². The molecule has 9 atom stereocenters. The van der Waals surface area contributed by atoms with Crippen LogP contribution in [0.15, 0.2) is 0 Å². The van der Waals surface area contributed by atoms with Gasteiger partial charge in [-0.15, -0.1) is 0 Å². The molecule has 6 aliphatic rings. The predicted molar refractivity (Wildman–Crippen MR) is 123 cm³/mol. The molecule has 9 unspecified atom stereocenters. The Hall–Kier alpha value is -0.120. The van der Waals surface area contributed by atoms with Gasteiger partial charge in [-0.1, -0.05) is 59.8 Å². The highest BCUT2D eigenvalue weighted by Crippen LogP contribution is 2.53. The van der Waals surface area contributed by atoms with E-state index in [9.17, 15) is 0 Å². The van der Waals surface area contributed by atoms with E-state index >= 15 is 0 Å². The van der Waals surface area contributed by atoms with E-state index in [1.54, 1.807) is 0 Å². The molecule has 0 aromatic heterocycles. The quantitative estimate of drug-likeness (QED) is 0.463. The zero-order valence-corrected chi connectivity index (χ0v) is 20.4. The van der Waals surface area contributed by atoms with Crippen molar-refractivity contribution in [2.45, 2.75) is 148 Å². The summed E-state index contributed by atoms with van der Waals surface area (Å²) in [7, 11) is 0. The first kappa shape index (κ1) is 23.1. The van der Waals surface area contributed by atoms with Gasteiger partial charge in [0.05, 0.1) is 36.1 Å². The lowest BCUT2D eigenvalue weighted by atomic mass is 9.74. The van der Waals surface area contributed by atoms with E-state index < -0.39 is 0 Å². The monoisotopic (exact) mass is 420 g/mol. The van der Waals surface area contributed by atoms with Crippen LogP contribution in [0.1, 0.15) is 112 Å². The van der Waals surface area contributed by atoms with E-state index in [1.165, 1.54) is 77.0 Å². The molecule has 3 heteroatoms. The summed E-state index contributed by atoms with van der Waals surface area (Å²) in [6, 6.07) is 0. The molecule has 0 radical (unpaired) electrons. The number of epoxide rings is 3. The summed E-state index contributed by atoms with van der Waals surface area (Å²) in [4.78, 5) is 0. The van der Waals surface area contributed by atoms with E-state index in [2.05, 4.69) is 34.6 Å². The molecule has 3 saturated heterocycles. The van der Waals surface area contributed by atoms with Gasteiger partial charge in [-0.2, -0.15) is 0 Å². The van der Waals surface area contributed by atoms with Crippen LogP contribution in [0.2, 0.25) is 0 Å². The lowest BCUT2D eigenvalue weighted by Crippen LogP contribution is -2.31. The van der Waals surface area contributed by atoms with Crippen molar-refractivity contribution < 1.29 is 14.2 Å². The van der Waals surface area contributed by atoms with Crippen LogP contribution in [0.5, 0.6) is 0 Å². The van der Waals surface area contributed by atoms with Crippen LogP contribution in [-0.4, -0.2) is 36.1 Å². The third kappa shape index (κ3) is 5.44. The summed E-state index contributed by atoms with van der Waals surface area (Å²) in [6.45, 7) is 11.5. The minimum Gasteiger partial charge on any atom is -0.370 e. The third-order valence-corrected chi connectivity index (χ3v) is 8.98. The molecule has 0 bridgehead atoms. The summed E-state index contributed by atoms with van der Waals surface area (Å²) in [5.41, 5.74) is 0.284. The third-order valence-electron chi connectivity index (χ3n) is 8.98. The van der Waals surface area contributed by atoms with Crippen molar-refractivity contribution in [3.63, 3.8) is 0 Å². The first-order valence-corrected chi connectivity index (χ1v) is 13.4. The number of hydrogen-bond donors (Lipinski definition) is 0. The molecule has 3 aliphatic carbocycles. The van der Waals surface area contributed by atoms with Crippen molar-refractivity contribution in [3.05, 3.63) is 0 Å². The van der Waals surface area contributed by atoms with Gasteiger partial charge in [0.25, 0.3) is 0 Å². The van der Waals surface area contributed by atoms with E-state index in [0.29, 0.717) is 30.5 Å². The molecule has 0 N–H and O–H groups in total. The van der Waals surface area contributed by atoms with Crippen molar-refractivity contribution in [1.29, 1.82) is 0 Å². The molecule has 0 amide bonds. The molecule has 3 saturated carbocycles. The minimum atomic E-state index is 0.284. The summed E-state index contributed by atoms with van der Waals surface area (Å²) < 4.78 is 16.7. The number of rotatable bonds is 4. The normalized spacial score (nSPS) is 47.4. The van der Waals surface area contributed by atoms with Gasteiger partial charge in [0.2, 0.25) is 0 Å². The van der Waals surface area contributed by atoms with Crippen LogP contribution in [0.4, 0.5) is 0 Å². The molecule has 0 spiro atoms. The molecule has 0 aromatic rings. The van der Waals surface area contributed by atoms with Crippen molar-refractivity contribution >= 4 is 0 Å². The second-order valence-corrected chi connectivity index (χ2v) is 11.5. The average Bonchev–Trinajstić information content (AvgIpc) is 3.61. The van der Waals surface area contributed by atoms with Crippen LogP contribution < -0.4 is 0 Å². The van der Waals surface area contributed by atoms with Gasteiger partial charge < -0.3 is 14.2 Å². The Morgan fingerprint density at radius 1 is 0.867 bits per heavy atom. The number of ether oxygens (including phenoxy) is 3. The Bertz CT molecular complexity index is 548. The Morgan fingerprint density at radius 2 is 1.67 bits per heavy atom. The molecule has 174 valence electrons. The van der Waals surface area contributed by atoms with Crippen molar-refractivity contribution in [2.24, 2.45) is 23.7 Å². The first-order valence-electron chi connectivity index (χ1n) is 13.4. The van der Waals surface area contributed by atoms with Gasteiger partial charge in [0.1, 0.15) is 0 Å². The molecule has 3 nitrogen and oxygen atoms in total. The first-order chi connectivity index (χ1) is 14.5. The Labute approximate surface area is 186 Å². The zero-order valence-electron chi connectivity index (χ0n) is 20.4. The van der Waals surface area contributed by atoms with E-state index in [1.807, 2.05) is 0 Å². The summed E-state index contributed by atoms with van der Waals surface area (Å²) in [5, 5.41) is 0. The van der Waals surface area contributed by atoms with E-state index in [-0.39, 0.29) is 5.60 Å². The maximum atomic E-state index is 5.74. The van der Waals surface area contributed by atoms with Crippen LogP contribution >= 0.6 is 0 Å². The maximum Gasteiger partial charge on any atom is 0.0950 e. The molecule has 30 heavy (non-hydrogen) atoms. The van der Waals surface area contributed by atoms with Gasteiger partial charge in [-0.3, -0.25) is 0 Å². The van der Waals surface area contributed by atoms with Gasteiger partial charge in [-0.05, 0) is 75.5 Å². The Balaban J connectivity index is 0.000000109. The smallest absolute Gasteiger partial charge is 0.0950 e. The molecular formula is C27H48O3. The average molecular weight is 421 g/mol. The molecule has 3 aliphatic heterocycles. The summed E-state index contributed by atoms with van der Waals surface area (Å²) in [6.07, 6.45) is 19.8. The molecular weight excluding hydrogens is 372 g/mol. The van der Waals surface area contributed by atoms with Gasteiger partial charge >= 0.3 is 0 Å².